The van der Waals surface area contributed by atoms with Crippen LogP contribution in [0.2, 0.25) is 0 Å². The standard InChI is InChI=1S/C26H29N5O.HI/c1-27-26(30-17-21-13-14-28-25-12-6-5-11-24(21)25)29-16-20-8-3-4-9-22(20)18-31(2)19-23-10-7-15-32-23;/h3-15H,16-19H2,1-2H3,(H2,27,29,30);1H. The molecule has 0 aliphatic rings. The Hall–Kier alpha value is -2.91. The molecule has 0 radical (unpaired) electrons. The zero-order valence-electron chi connectivity index (χ0n) is 19.0. The van der Waals surface area contributed by atoms with Gasteiger partial charge in [-0.25, -0.2) is 0 Å². The molecule has 0 aliphatic carbocycles. The summed E-state index contributed by atoms with van der Waals surface area (Å²) in [7, 11) is 3.90. The molecule has 0 atom stereocenters. The van der Waals surface area contributed by atoms with Gasteiger partial charge in [0.15, 0.2) is 5.96 Å². The third kappa shape index (κ3) is 6.79. The molecule has 2 heterocycles. The van der Waals surface area contributed by atoms with Gasteiger partial charge in [-0.3, -0.25) is 14.9 Å². The van der Waals surface area contributed by atoms with Crippen LogP contribution in [0.1, 0.15) is 22.5 Å². The second kappa shape index (κ2) is 12.4. The number of aromatic nitrogens is 1. The molecule has 2 N–H and O–H groups in total. The molecule has 33 heavy (non-hydrogen) atoms. The molecule has 0 amide bonds. The number of guanidine groups is 1. The quantitative estimate of drug-likeness (QED) is 0.183. The Morgan fingerprint density at radius 3 is 2.36 bits per heavy atom. The van der Waals surface area contributed by atoms with Gasteiger partial charge in [0.1, 0.15) is 5.76 Å². The summed E-state index contributed by atoms with van der Waals surface area (Å²) < 4.78 is 5.47. The topological polar surface area (TPSA) is 65.7 Å². The fourth-order valence-electron chi connectivity index (χ4n) is 3.79. The van der Waals surface area contributed by atoms with Crippen LogP contribution in [-0.2, 0) is 26.2 Å². The Morgan fingerprint density at radius 1 is 0.879 bits per heavy atom. The zero-order chi connectivity index (χ0) is 22.2. The maximum atomic E-state index is 5.47. The number of hydrogen-bond donors (Lipinski definition) is 2. The van der Waals surface area contributed by atoms with E-state index in [1.165, 1.54) is 16.7 Å². The van der Waals surface area contributed by atoms with Crippen LogP contribution in [0, 0.1) is 0 Å². The van der Waals surface area contributed by atoms with E-state index in [4.69, 9.17) is 4.42 Å². The molecule has 172 valence electrons. The van der Waals surface area contributed by atoms with Crippen molar-refractivity contribution >= 4 is 40.8 Å². The van der Waals surface area contributed by atoms with Gasteiger partial charge in [-0.2, -0.15) is 0 Å². The minimum atomic E-state index is 0. The summed E-state index contributed by atoms with van der Waals surface area (Å²) in [6.45, 7) is 2.99. The van der Waals surface area contributed by atoms with Crippen molar-refractivity contribution in [1.29, 1.82) is 0 Å². The molecular formula is C26H30IN5O. The molecule has 0 aliphatic heterocycles. The van der Waals surface area contributed by atoms with E-state index < -0.39 is 0 Å². The highest BCUT2D eigenvalue weighted by Gasteiger charge is 2.09. The van der Waals surface area contributed by atoms with Crippen LogP contribution < -0.4 is 10.6 Å². The first-order chi connectivity index (χ1) is 15.7. The van der Waals surface area contributed by atoms with E-state index in [1.807, 2.05) is 42.6 Å². The molecule has 7 heteroatoms. The van der Waals surface area contributed by atoms with Gasteiger partial charge < -0.3 is 15.1 Å². The maximum absolute atomic E-state index is 5.47. The number of fused-ring (bicyclic) bond motifs is 1. The van der Waals surface area contributed by atoms with Gasteiger partial charge in [0, 0.05) is 38.3 Å². The van der Waals surface area contributed by atoms with Gasteiger partial charge in [0.2, 0.25) is 0 Å². The van der Waals surface area contributed by atoms with Gasteiger partial charge >= 0.3 is 0 Å². The van der Waals surface area contributed by atoms with Crippen molar-refractivity contribution < 1.29 is 4.42 Å². The van der Waals surface area contributed by atoms with Crippen molar-refractivity contribution in [2.75, 3.05) is 14.1 Å². The SMILES string of the molecule is CN=C(NCc1ccccc1CN(C)Cc1ccco1)NCc1ccnc2ccccc12.I. The van der Waals surface area contributed by atoms with E-state index in [9.17, 15) is 0 Å². The maximum Gasteiger partial charge on any atom is 0.191 e. The van der Waals surface area contributed by atoms with Gasteiger partial charge in [0.25, 0.3) is 0 Å². The number of rotatable bonds is 8. The summed E-state index contributed by atoms with van der Waals surface area (Å²) in [6, 6.07) is 22.7. The third-order valence-corrected chi connectivity index (χ3v) is 5.42. The molecule has 2 aromatic carbocycles. The lowest BCUT2D eigenvalue weighted by molar-refractivity contribution is 0.287. The van der Waals surface area contributed by atoms with Crippen LogP contribution in [0.4, 0.5) is 0 Å². The largest absolute Gasteiger partial charge is 0.468 e. The van der Waals surface area contributed by atoms with Gasteiger partial charge in [-0.1, -0.05) is 42.5 Å². The first kappa shape index (κ1) is 24.7. The van der Waals surface area contributed by atoms with Crippen molar-refractivity contribution in [3.8, 4) is 0 Å². The van der Waals surface area contributed by atoms with Crippen molar-refractivity contribution in [3.05, 3.63) is 102 Å². The van der Waals surface area contributed by atoms with Gasteiger partial charge in [0.05, 0.1) is 18.3 Å². The summed E-state index contributed by atoms with van der Waals surface area (Å²) in [5, 5.41) is 8.03. The Morgan fingerprint density at radius 2 is 1.61 bits per heavy atom. The lowest BCUT2D eigenvalue weighted by Crippen LogP contribution is -2.36. The molecule has 6 nitrogen and oxygen atoms in total. The van der Waals surface area contributed by atoms with E-state index in [2.05, 4.69) is 62.9 Å². The van der Waals surface area contributed by atoms with Crippen molar-refractivity contribution in [1.82, 2.24) is 20.5 Å². The lowest BCUT2D eigenvalue weighted by Gasteiger charge is -2.19. The molecule has 4 rings (SSSR count). The van der Waals surface area contributed by atoms with Crippen molar-refractivity contribution in [3.63, 3.8) is 0 Å². The molecule has 2 aromatic heterocycles. The number of benzene rings is 2. The summed E-state index contributed by atoms with van der Waals surface area (Å²) >= 11 is 0. The minimum absolute atomic E-state index is 0. The van der Waals surface area contributed by atoms with E-state index in [0.29, 0.717) is 13.1 Å². The van der Waals surface area contributed by atoms with Crippen LogP contribution in [0.25, 0.3) is 10.9 Å². The summed E-state index contributed by atoms with van der Waals surface area (Å²) in [4.78, 5) is 11.1. The van der Waals surface area contributed by atoms with Crippen molar-refractivity contribution in [2.45, 2.75) is 26.2 Å². The van der Waals surface area contributed by atoms with Gasteiger partial charge in [-0.15, -0.1) is 24.0 Å². The monoisotopic (exact) mass is 555 g/mol. The highest BCUT2D eigenvalue weighted by atomic mass is 127. The molecular weight excluding hydrogens is 525 g/mol. The normalized spacial score (nSPS) is 11.4. The number of furan rings is 1. The molecule has 0 bridgehead atoms. The van der Waals surface area contributed by atoms with Gasteiger partial charge in [-0.05, 0) is 48.0 Å². The first-order valence-corrected chi connectivity index (χ1v) is 10.8. The highest BCUT2D eigenvalue weighted by molar-refractivity contribution is 14.0. The fraction of sp³-hybridized carbons (Fsp3) is 0.231. The molecule has 0 fully saturated rings. The van der Waals surface area contributed by atoms with Crippen molar-refractivity contribution in [2.24, 2.45) is 4.99 Å². The number of nitrogens with one attached hydrogen (secondary N) is 2. The average Bonchev–Trinajstić information content (AvgIpc) is 3.33. The number of hydrogen-bond acceptors (Lipinski definition) is 4. The third-order valence-electron chi connectivity index (χ3n) is 5.42. The lowest BCUT2D eigenvalue weighted by atomic mass is 10.1. The van der Waals surface area contributed by atoms with Crippen LogP contribution in [0.5, 0.6) is 0 Å². The van der Waals surface area contributed by atoms with E-state index in [-0.39, 0.29) is 24.0 Å². The van der Waals surface area contributed by atoms with Crippen LogP contribution in [-0.4, -0.2) is 29.9 Å². The number of nitrogens with zero attached hydrogens (tertiary/aromatic N) is 3. The summed E-state index contributed by atoms with van der Waals surface area (Å²) in [6.07, 6.45) is 3.57. The second-order valence-electron chi connectivity index (χ2n) is 7.79. The first-order valence-electron chi connectivity index (χ1n) is 10.8. The predicted octanol–water partition coefficient (Wildman–Crippen LogP) is 4.94. The highest BCUT2D eigenvalue weighted by Crippen LogP contribution is 2.16. The Bertz CT molecular complexity index is 1170. The molecule has 0 saturated carbocycles. The Balaban J connectivity index is 0.00000306. The molecule has 0 unspecified atom stereocenters. The summed E-state index contributed by atoms with van der Waals surface area (Å²) in [5.74, 6) is 1.74. The Labute approximate surface area is 212 Å². The number of pyridine rings is 1. The van der Waals surface area contributed by atoms with Crippen LogP contribution in [0.3, 0.4) is 0 Å². The smallest absolute Gasteiger partial charge is 0.191 e. The minimum Gasteiger partial charge on any atom is -0.468 e. The van der Waals surface area contributed by atoms with E-state index in [1.54, 1.807) is 13.3 Å². The second-order valence-corrected chi connectivity index (χ2v) is 7.79. The summed E-state index contributed by atoms with van der Waals surface area (Å²) in [5.41, 5.74) is 4.72. The van der Waals surface area contributed by atoms with Crippen LogP contribution in [0.15, 0.2) is 88.6 Å². The fourth-order valence-corrected chi connectivity index (χ4v) is 3.79. The average molecular weight is 555 g/mol. The molecule has 0 saturated heterocycles. The predicted molar refractivity (Wildman–Crippen MR) is 145 cm³/mol. The number of aliphatic imine (C=N–C) groups is 1. The number of halogens is 1. The Kier molecular flexibility index (Phi) is 9.26. The van der Waals surface area contributed by atoms with E-state index in [0.717, 1.165) is 35.7 Å². The van der Waals surface area contributed by atoms with Crippen LogP contribution >= 0.6 is 24.0 Å². The molecule has 0 spiro atoms. The van der Waals surface area contributed by atoms with E-state index >= 15 is 0 Å². The number of para-hydroxylation sites is 1. The zero-order valence-corrected chi connectivity index (χ0v) is 21.3. The molecule has 4 aromatic rings.